The van der Waals surface area contributed by atoms with Gasteiger partial charge in [0.1, 0.15) is 0 Å². The smallest absolute Gasteiger partial charge is 0.253 e. The number of rotatable bonds is 4. The van der Waals surface area contributed by atoms with Gasteiger partial charge in [0.05, 0.1) is 27.9 Å². The van der Waals surface area contributed by atoms with Crippen molar-refractivity contribution in [3.05, 3.63) is 23.0 Å². The van der Waals surface area contributed by atoms with Crippen LogP contribution in [0.5, 0.6) is 0 Å². The Hall–Kier alpha value is -1.16. The van der Waals surface area contributed by atoms with Crippen molar-refractivity contribution in [2.75, 3.05) is 0 Å². The maximum Gasteiger partial charge on any atom is 0.253 e. The Morgan fingerprint density at radius 1 is 1.50 bits per heavy atom. The summed E-state index contributed by atoms with van der Waals surface area (Å²) in [5.41, 5.74) is 1.54. The first-order valence-electron chi connectivity index (χ1n) is 6.07. The van der Waals surface area contributed by atoms with Crippen LogP contribution in [0.2, 0.25) is 0 Å². The third-order valence-electron chi connectivity index (χ3n) is 3.00. The molecule has 1 N–H and O–H groups in total. The number of nitrogens with one attached hydrogen (secondary N) is 1. The van der Waals surface area contributed by atoms with Crippen molar-refractivity contribution in [1.82, 2.24) is 15.5 Å². The van der Waals surface area contributed by atoms with Crippen LogP contribution < -0.4 is 5.32 Å². The Labute approximate surface area is 113 Å². The summed E-state index contributed by atoms with van der Waals surface area (Å²) in [6.45, 7) is 9.42. The van der Waals surface area contributed by atoms with Crippen molar-refractivity contribution >= 4 is 17.5 Å². The molecule has 1 aromatic heterocycles. The summed E-state index contributed by atoms with van der Waals surface area (Å²) >= 11 is 6.06. The molecule has 0 saturated carbocycles. The molecule has 1 rings (SSSR count). The third-order valence-corrected chi connectivity index (χ3v) is 3.55. The van der Waals surface area contributed by atoms with Gasteiger partial charge in [-0.1, -0.05) is 6.92 Å². The van der Waals surface area contributed by atoms with E-state index in [-0.39, 0.29) is 11.3 Å². The van der Waals surface area contributed by atoms with E-state index in [1.54, 1.807) is 6.07 Å². The van der Waals surface area contributed by atoms with E-state index >= 15 is 0 Å². The molecule has 100 valence electrons. The van der Waals surface area contributed by atoms with Gasteiger partial charge >= 0.3 is 0 Å². The predicted octanol–water partition coefficient (Wildman–Crippen LogP) is 2.48. The molecular formula is C13H20ClN3O. The molecule has 0 spiro atoms. The van der Waals surface area contributed by atoms with Gasteiger partial charge in [0.25, 0.3) is 5.91 Å². The van der Waals surface area contributed by atoms with E-state index in [0.717, 1.165) is 5.69 Å². The first kappa shape index (κ1) is 14.9. The number of hydrogen-bond donors (Lipinski definition) is 1. The number of amides is 1. The molecule has 4 nitrogen and oxygen atoms in total. The molecule has 1 heterocycles. The van der Waals surface area contributed by atoms with Crippen LogP contribution in [0.3, 0.4) is 0 Å². The number of hydrogen-bond acceptors (Lipinski definition) is 3. The van der Waals surface area contributed by atoms with Crippen molar-refractivity contribution in [2.45, 2.75) is 52.0 Å². The fourth-order valence-corrected chi connectivity index (χ4v) is 1.49. The summed E-state index contributed by atoms with van der Waals surface area (Å²) in [4.78, 5) is 12.3. The molecule has 1 aromatic rings. The summed E-state index contributed by atoms with van der Waals surface area (Å²) in [5, 5.41) is 10.8. The second kappa shape index (κ2) is 5.65. The van der Waals surface area contributed by atoms with E-state index < -0.39 is 5.54 Å². The normalized spacial score (nSPS) is 13.2. The number of aryl methyl sites for hydroxylation is 2. The first-order chi connectivity index (χ1) is 8.27. The maximum absolute atomic E-state index is 12.3. The second-order valence-electron chi connectivity index (χ2n) is 4.99. The molecule has 18 heavy (non-hydrogen) atoms. The molecule has 0 aromatic carbocycles. The quantitative estimate of drug-likeness (QED) is 0.855. The van der Waals surface area contributed by atoms with Crippen molar-refractivity contribution in [3.63, 3.8) is 0 Å². The van der Waals surface area contributed by atoms with Gasteiger partial charge in [-0.3, -0.25) is 4.79 Å². The number of nitrogens with zero attached hydrogens (tertiary/aromatic N) is 2. The highest BCUT2D eigenvalue weighted by atomic mass is 35.5. The van der Waals surface area contributed by atoms with Crippen LogP contribution in [0.25, 0.3) is 0 Å². The van der Waals surface area contributed by atoms with Gasteiger partial charge in [0.2, 0.25) is 0 Å². The monoisotopic (exact) mass is 269 g/mol. The molecule has 0 radical (unpaired) electrons. The highest BCUT2D eigenvalue weighted by Crippen LogP contribution is 2.16. The lowest BCUT2D eigenvalue weighted by Gasteiger charge is -2.29. The van der Waals surface area contributed by atoms with Gasteiger partial charge in [-0.2, -0.15) is 10.2 Å². The largest absolute Gasteiger partial charge is 0.346 e. The average Bonchev–Trinajstić information content (AvgIpc) is 2.28. The molecule has 5 heteroatoms. The third kappa shape index (κ3) is 3.42. The Morgan fingerprint density at radius 3 is 2.61 bits per heavy atom. The minimum atomic E-state index is -0.471. The van der Waals surface area contributed by atoms with Crippen LogP contribution in [0.15, 0.2) is 6.07 Å². The summed E-state index contributed by atoms with van der Waals surface area (Å²) in [6, 6.07) is 1.76. The Balaban J connectivity index is 3.01. The molecule has 1 atom stereocenters. The minimum absolute atomic E-state index is 0.151. The van der Waals surface area contributed by atoms with E-state index in [1.807, 2.05) is 34.6 Å². The lowest BCUT2D eigenvalue weighted by molar-refractivity contribution is 0.0910. The van der Waals surface area contributed by atoms with Gasteiger partial charge in [-0.15, -0.1) is 11.6 Å². The van der Waals surface area contributed by atoms with Crippen LogP contribution in [-0.4, -0.2) is 27.0 Å². The number of carbonyl (C=O) groups is 1. The zero-order valence-electron chi connectivity index (χ0n) is 11.5. The topological polar surface area (TPSA) is 54.9 Å². The highest BCUT2D eigenvalue weighted by Gasteiger charge is 2.27. The predicted molar refractivity (Wildman–Crippen MR) is 73.0 cm³/mol. The van der Waals surface area contributed by atoms with E-state index in [9.17, 15) is 4.79 Å². The van der Waals surface area contributed by atoms with Gasteiger partial charge in [0, 0.05) is 0 Å². The maximum atomic E-state index is 12.3. The summed E-state index contributed by atoms with van der Waals surface area (Å²) < 4.78 is 0. The SMILES string of the molecule is CCc1nnc(C)cc1C(=O)NC(C)(C)C(C)Cl. The fraction of sp³-hybridized carbons (Fsp3) is 0.615. The number of carbonyl (C=O) groups excluding carboxylic acids is 1. The van der Waals surface area contributed by atoms with Gasteiger partial charge in [-0.05, 0) is 40.2 Å². The van der Waals surface area contributed by atoms with Gasteiger partial charge in [0.15, 0.2) is 0 Å². The highest BCUT2D eigenvalue weighted by molar-refractivity contribution is 6.21. The lowest BCUT2D eigenvalue weighted by Crippen LogP contribution is -2.49. The van der Waals surface area contributed by atoms with E-state index in [1.165, 1.54) is 0 Å². The Bertz CT molecular complexity index is 444. The molecular weight excluding hydrogens is 250 g/mol. The zero-order valence-corrected chi connectivity index (χ0v) is 12.3. The van der Waals surface area contributed by atoms with Crippen molar-refractivity contribution in [2.24, 2.45) is 0 Å². The van der Waals surface area contributed by atoms with Gasteiger partial charge < -0.3 is 5.32 Å². The zero-order chi connectivity index (χ0) is 13.9. The average molecular weight is 270 g/mol. The van der Waals surface area contributed by atoms with Crippen LogP contribution in [0.1, 0.15) is 49.4 Å². The van der Waals surface area contributed by atoms with Crippen molar-refractivity contribution in [1.29, 1.82) is 0 Å². The fourth-order valence-electron chi connectivity index (χ4n) is 1.43. The molecule has 0 aliphatic rings. The van der Waals surface area contributed by atoms with E-state index in [0.29, 0.717) is 17.7 Å². The number of aromatic nitrogens is 2. The van der Waals surface area contributed by atoms with Crippen molar-refractivity contribution < 1.29 is 4.79 Å². The van der Waals surface area contributed by atoms with E-state index in [4.69, 9.17) is 11.6 Å². The molecule has 0 saturated heterocycles. The number of alkyl halides is 1. The summed E-state index contributed by atoms with van der Waals surface area (Å²) in [5.74, 6) is -0.151. The van der Waals surface area contributed by atoms with Gasteiger partial charge in [-0.25, -0.2) is 0 Å². The summed E-state index contributed by atoms with van der Waals surface area (Å²) in [7, 11) is 0. The standard InChI is InChI=1S/C13H20ClN3O/c1-6-11-10(7-8(2)16-17-11)12(18)15-13(4,5)9(3)14/h7,9H,6H2,1-5H3,(H,15,18). The minimum Gasteiger partial charge on any atom is -0.346 e. The van der Waals surface area contributed by atoms with Crippen LogP contribution >= 0.6 is 11.6 Å². The molecule has 0 aliphatic carbocycles. The first-order valence-corrected chi connectivity index (χ1v) is 6.51. The van der Waals surface area contributed by atoms with E-state index in [2.05, 4.69) is 15.5 Å². The Kier molecular flexibility index (Phi) is 4.68. The Morgan fingerprint density at radius 2 is 2.11 bits per heavy atom. The lowest BCUT2D eigenvalue weighted by atomic mass is 10.00. The van der Waals surface area contributed by atoms with Crippen LogP contribution in [0, 0.1) is 6.92 Å². The second-order valence-corrected chi connectivity index (χ2v) is 5.65. The van der Waals surface area contributed by atoms with Crippen LogP contribution in [0.4, 0.5) is 0 Å². The van der Waals surface area contributed by atoms with Crippen molar-refractivity contribution in [3.8, 4) is 0 Å². The summed E-state index contributed by atoms with van der Waals surface area (Å²) in [6.07, 6.45) is 0.674. The number of halogens is 1. The molecule has 1 amide bonds. The molecule has 0 fully saturated rings. The molecule has 0 bridgehead atoms. The molecule has 0 aliphatic heterocycles. The molecule has 1 unspecified atom stereocenters. The van der Waals surface area contributed by atoms with Crippen LogP contribution in [-0.2, 0) is 6.42 Å².